The largest absolute Gasteiger partial charge is 0.389 e. The molecule has 5 heteroatoms. The van der Waals surface area contributed by atoms with E-state index in [0.717, 1.165) is 22.0 Å². The van der Waals surface area contributed by atoms with Crippen LogP contribution in [0.1, 0.15) is 24.1 Å². The smallest absolute Gasteiger partial charge is 0.126 e. The van der Waals surface area contributed by atoms with Crippen molar-refractivity contribution in [3.63, 3.8) is 0 Å². The summed E-state index contributed by atoms with van der Waals surface area (Å²) < 4.78 is 0. The molecule has 0 aliphatic carbocycles. The molecule has 0 spiro atoms. The lowest BCUT2D eigenvalue weighted by molar-refractivity contribution is 0.874. The standard InChI is InChI=1S/C14H14ClN3S/c1-9(10-2-5-12(15)6-3-10)18-13-7-4-11(8-17-13)14(16)19/h2-9H,1H3,(H2,16,19)(H,17,18). The van der Waals surface area contributed by atoms with Crippen LogP contribution in [-0.2, 0) is 0 Å². The SMILES string of the molecule is CC(Nc1ccc(C(N)=S)cn1)c1ccc(Cl)cc1. The quantitative estimate of drug-likeness (QED) is 0.846. The summed E-state index contributed by atoms with van der Waals surface area (Å²) in [6.07, 6.45) is 1.67. The van der Waals surface area contributed by atoms with Gasteiger partial charge >= 0.3 is 0 Å². The van der Waals surface area contributed by atoms with E-state index in [-0.39, 0.29) is 6.04 Å². The summed E-state index contributed by atoms with van der Waals surface area (Å²) in [5.74, 6) is 0.780. The van der Waals surface area contributed by atoms with E-state index in [0.29, 0.717) is 4.99 Å². The van der Waals surface area contributed by atoms with Crippen LogP contribution in [0.15, 0.2) is 42.6 Å². The number of nitrogens with one attached hydrogen (secondary N) is 1. The fraction of sp³-hybridized carbons (Fsp3) is 0.143. The number of benzene rings is 1. The highest BCUT2D eigenvalue weighted by atomic mass is 35.5. The average molecular weight is 292 g/mol. The summed E-state index contributed by atoms with van der Waals surface area (Å²) in [4.78, 5) is 4.63. The molecule has 1 aromatic heterocycles. The predicted molar refractivity (Wildman–Crippen MR) is 83.6 cm³/mol. The van der Waals surface area contributed by atoms with Crippen molar-refractivity contribution >= 4 is 34.6 Å². The van der Waals surface area contributed by atoms with Gasteiger partial charge in [-0.2, -0.15) is 0 Å². The van der Waals surface area contributed by atoms with Crippen LogP contribution < -0.4 is 11.1 Å². The van der Waals surface area contributed by atoms with Crippen molar-refractivity contribution in [3.8, 4) is 0 Å². The Bertz CT molecular complexity index is 566. The molecule has 0 bridgehead atoms. The Morgan fingerprint density at radius 3 is 2.47 bits per heavy atom. The normalized spacial score (nSPS) is 11.9. The molecule has 0 saturated carbocycles. The first kappa shape index (κ1) is 13.8. The number of anilines is 1. The van der Waals surface area contributed by atoms with Crippen LogP contribution in [0.25, 0.3) is 0 Å². The van der Waals surface area contributed by atoms with Crippen molar-refractivity contribution < 1.29 is 0 Å². The second-order valence-electron chi connectivity index (χ2n) is 4.21. The first-order valence-electron chi connectivity index (χ1n) is 5.84. The van der Waals surface area contributed by atoms with Gasteiger partial charge in [-0.3, -0.25) is 0 Å². The van der Waals surface area contributed by atoms with E-state index in [1.54, 1.807) is 6.20 Å². The Morgan fingerprint density at radius 1 is 1.26 bits per heavy atom. The third-order valence-corrected chi connectivity index (χ3v) is 3.27. The molecule has 3 N–H and O–H groups in total. The fourth-order valence-corrected chi connectivity index (χ4v) is 1.93. The fourth-order valence-electron chi connectivity index (χ4n) is 1.68. The van der Waals surface area contributed by atoms with Crippen LogP contribution in [0.4, 0.5) is 5.82 Å². The van der Waals surface area contributed by atoms with Crippen LogP contribution >= 0.6 is 23.8 Å². The Morgan fingerprint density at radius 2 is 1.95 bits per heavy atom. The molecule has 0 fully saturated rings. The maximum atomic E-state index is 5.87. The number of hydrogen-bond acceptors (Lipinski definition) is 3. The van der Waals surface area contributed by atoms with Gasteiger partial charge < -0.3 is 11.1 Å². The van der Waals surface area contributed by atoms with Gasteiger partial charge in [0.25, 0.3) is 0 Å². The molecule has 1 unspecified atom stereocenters. The zero-order valence-electron chi connectivity index (χ0n) is 10.4. The van der Waals surface area contributed by atoms with E-state index in [4.69, 9.17) is 29.6 Å². The van der Waals surface area contributed by atoms with Gasteiger partial charge in [0, 0.05) is 22.8 Å². The molecule has 2 aromatic rings. The van der Waals surface area contributed by atoms with Crippen LogP contribution in [0, 0.1) is 0 Å². The Hall–Kier alpha value is -1.65. The van der Waals surface area contributed by atoms with Crippen molar-refractivity contribution in [2.75, 3.05) is 5.32 Å². The highest BCUT2D eigenvalue weighted by Gasteiger charge is 2.06. The average Bonchev–Trinajstić information content (AvgIpc) is 2.40. The summed E-state index contributed by atoms with van der Waals surface area (Å²) in [5, 5.41) is 4.04. The van der Waals surface area contributed by atoms with E-state index >= 15 is 0 Å². The van der Waals surface area contributed by atoms with Gasteiger partial charge in [-0.1, -0.05) is 36.0 Å². The first-order valence-corrected chi connectivity index (χ1v) is 6.63. The number of nitrogens with two attached hydrogens (primary N) is 1. The number of thiocarbonyl (C=S) groups is 1. The van der Waals surface area contributed by atoms with E-state index in [9.17, 15) is 0 Å². The molecular weight excluding hydrogens is 278 g/mol. The molecule has 3 nitrogen and oxygen atoms in total. The number of hydrogen-bond donors (Lipinski definition) is 2. The maximum Gasteiger partial charge on any atom is 0.126 e. The summed E-state index contributed by atoms with van der Waals surface area (Å²) in [6.45, 7) is 2.06. The molecular formula is C14H14ClN3S. The second-order valence-corrected chi connectivity index (χ2v) is 5.09. The first-order chi connectivity index (χ1) is 9.06. The minimum absolute atomic E-state index is 0.139. The summed E-state index contributed by atoms with van der Waals surface area (Å²) >= 11 is 10.8. The second kappa shape index (κ2) is 5.99. The highest BCUT2D eigenvalue weighted by molar-refractivity contribution is 7.80. The van der Waals surface area contributed by atoms with Crippen LogP contribution in [0.3, 0.4) is 0 Å². The number of pyridine rings is 1. The number of nitrogens with zero attached hydrogens (tertiary/aromatic N) is 1. The third-order valence-electron chi connectivity index (χ3n) is 2.78. The number of rotatable bonds is 4. The summed E-state index contributed by atoms with van der Waals surface area (Å²) in [5.41, 5.74) is 7.44. The van der Waals surface area contributed by atoms with Crippen molar-refractivity contribution in [2.24, 2.45) is 5.73 Å². The van der Waals surface area contributed by atoms with Gasteiger partial charge in [0.05, 0.1) is 0 Å². The highest BCUT2D eigenvalue weighted by Crippen LogP contribution is 2.19. The molecule has 19 heavy (non-hydrogen) atoms. The molecule has 1 atom stereocenters. The monoisotopic (exact) mass is 291 g/mol. The van der Waals surface area contributed by atoms with E-state index in [1.165, 1.54) is 0 Å². The van der Waals surface area contributed by atoms with Crippen molar-refractivity contribution in [1.82, 2.24) is 4.98 Å². The van der Waals surface area contributed by atoms with Crippen LogP contribution in [0.2, 0.25) is 5.02 Å². The zero-order valence-corrected chi connectivity index (χ0v) is 12.0. The Balaban J connectivity index is 2.08. The molecule has 98 valence electrons. The van der Waals surface area contributed by atoms with Gasteiger partial charge in [-0.25, -0.2) is 4.98 Å². The Kier molecular flexibility index (Phi) is 4.35. The van der Waals surface area contributed by atoms with Gasteiger partial charge in [-0.05, 0) is 36.8 Å². The maximum absolute atomic E-state index is 5.87. The van der Waals surface area contributed by atoms with E-state index < -0.39 is 0 Å². The molecule has 0 aliphatic rings. The molecule has 1 aromatic carbocycles. The van der Waals surface area contributed by atoms with Gasteiger partial charge in [-0.15, -0.1) is 0 Å². The van der Waals surface area contributed by atoms with Crippen molar-refractivity contribution in [2.45, 2.75) is 13.0 Å². The lowest BCUT2D eigenvalue weighted by Gasteiger charge is -2.15. The Labute approximate surface area is 122 Å². The molecule has 0 saturated heterocycles. The van der Waals surface area contributed by atoms with Gasteiger partial charge in [0.2, 0.25) is 0 Å². The minimum atomic E-state index is 0.139. The molecule has 1 heterocycles. The van der Waals surface area contributed by atoms with Crippen LogP contribution in [-0.4, -0.2) is 9.97 Å². The lowest BCUT2D eigenvalue weighted by atomic mass is 10.1. The van der Waals surface area contributed by atoms with Gasteiger partial charge in [0.15, 0.2) is 0 Å². The van der Waals surface area contributed by atoms with E-state index in [1.807, 2.05) is 36.4 Å². The topological polar surface area (TPSA) is 50.9 Å². The van der Waals surface area contributed by atoms with Crippen molar-refractivity contribution in [3.05, 3.63) is 58.7 Å². The van der Waals surface area contributed by atoms with Crippen LogP contribution in [0.5, 0.6) is 0 Å². The molecule has 0 aliphatic heterocycles. The zero-order chi connectivity index (χ0) is 13.8. The lowest BCUT2D eigenvalue weighted by Crippen LogP contribution is -2.11. The third kappa shape index (κ3) is 3.66. The number of aromatic nitrogens is 1. The molecule has 0 amide bonds. The molecule has 2 rings (SSSR count). The molecule has 0 radical (unpaired) electrons. The predicted octanol–water partition coefficient (Wildman–Crippen LogP) is 3.54. The minimum Gasteiger partial charge on any atom is -0.389 e. The number of halogens is 1. The van der Waals surface area contributed by atoms with Crippen molar-refractivity contribution in [1.29, 1.82) is 0 Å². The summed E-state index contributed by atoms with van der Waals surface area (Å²) in [6, 6.07) is 11.6. The van der Waals surface area contributed by atoms with Gasteiger partial charge in [0.1, 0.15) is 10.8 Å². The summed E-state index contributed by atoms with van der Waals surface area (Å²) in [7, 11) is 0. The van der Waals surface area contributed by atoms with E-state index in [2.05, 4.69) is 17.2 Å².